The number of hydrogen-bond acceptors (Lipinski definition) is 5. The highest BCUT2D eigenvalue weighted by Gasteiger charge is 2.09. The van der Waals surface area contributed by atoms with E-state index in [0.717, 1.165) is 0 Å². The lowest BCUT2D eigenvalue weighted by molar-refractivity contribution is 0.315. The van der Waals surface area contributed by atoms with E-state index in [2.05, 4.69) is 0 Å². The summed E-state index contributed by atoms with van der Waals surface area (Å²) < 4.78 is 27.9. The number of benzene rings is 1. The molecule has 3 N–H and O–H groups in total. The van der Waals surface area contributed by atoms with Crippen LogP contribution in [0.15, 0.2) is 24.3 Å². The summed E-state index contributed by atoms with van der Waals surface area (Å²) in [5.41, 5.74) is 6.19. The predicted octanol–water partition coefficient (Wildman–Crippen LogP) is 0.445. The minimum Gasteiger partial charge on any atom is -0.491 e. The van der Waals surface area contributed by atoms with Crippen LogP contribution in [0.4, 0.5) is 5.69 Å². The Morgan fingerprint density at radius 3 is 2.59 bits per heavy atom. The molecule has 0 spiro atoms. The quantitative estimate of drug-likeness (QED) is 0.548. The molecule has 1 rings (SSSR count). The molecule has 0 aromatic heterocycles. The molecule has 0 aliphatic carbocycles. The van der Waals surface area contributed by atoms with Crippen LogP contribution in [-0.4, -0.2) is 38.2 Å². The number of aliphatic hydroxyl groups excluding tert-OH is 1. The van der Waals surface area contributed by atoms with Crippen LogP contribution in [0.1, 0.15) is 6.42 Å². The molecule has 5 nitrogen and oxygen atoms in total. The molecule has 0 radical (unpaired) electrons. The molecule has 17 heavy (non-hydrogen) atoms. The van der Waals surface area contributed by atoms with Gasteiger partial charge in [0.25, 0.3) is 0 Å². The van der Waals surface area contributed by atoms with Crippen LogP contribution in [0.3, 0.4) is 0 Å². The SMILES string of the molecule is Nc1ccccc1OCCCS(=O)(=O)CCO. The molecule has 1 aromatic rings. The zero-order valence-corrected chi connectivity index (χ0v) is 10.3. The molecule has 0 saturated carbocycles. The number of para-hydroxylation sites is 2. The van der Waals surface area contributed by atoms with Gasteiger partial charge >= 0.3 is 0 Å². The van der Waals surface area contributed by atoms with Crippen molar-refractivity contribution >= 4 is 15.5 Å². The van der Waals surface area contributed by atoms with E-state index in [1.807, 2.05) is 0 Å². The Morgan fingerprint density at radius 2 is 1.94 bits per heavy atom. The van der Waals surface area contributed by atoms with Crippen molar-refractivity contribution in [3.8, 4) is 5.75 Å². The summed E-state index contributed by atoms with van der Waals surface area (Å²) in [6.07, 6.45) is 0.386. The third-order valence-electron chi connectivity index (χ3n) is 2.18. The number of nitrogen functional groups attached to an aromatic ring is 1. The highest BCUT2D eigenvalue weighted by atomic mass is 32.2. The molecule has 0 heterocycles. The maximum absolute atomic E-state index is 11.3. The lowest BCUT2D eigenvalue weighted by Gasteiger charge is -2.08. The van der Waals surface area contributed by atoms with Gasteiger partial charge in [-0.2, -0.15) is 0 Å². The van der Waals surface area contributed by atoms with Crippen LogP contribution >= 0.6 is 0 Å². The van der Waals surface area contributed by atoms with Gasteiger partial charge in [0.05, 0.1) is 30.4 Å². The van der Waals surface area contributed by atoms with Crippen molar-refractivity contribution in [1.82, 2.24) is 0 Å². The van der Waals surface area contributed by atoms with Gasteiger partial charge in [-0.25, -0.2) is 8.42 Å². The summed E-state index contributed by atoms with van der Waals surface area (Å²) in [5, 5.41) is 8.55. The normalized spacial score (nSPS) is 11.4. The maximum atomic E-state index is 11.3. The number of rotatable bonds is 7. The first-order valence-electron chi connectivity index (χ1n) is 5.34. The van der Waals surface area contributed by atoms with E-state index >= 15 is 0 Å². The maximum Gasteiger partial charge on any atom is 0.152 e. The summed E-state index contributed by atoms with van der Waals surface area (Å²) in [5.74, 6) is 0.382. The van der Waals surface area contributed by atoms with Crippen molar-refractivity contribution < 1.29 is 18.3 Å². The first kappa shape index (κ1) is 13.8. The van der Waals surface area contributed by atoms with E-state index in [1.165, 1.54) is 0 Å². The monoisotopic (exact) mass is 259 g/mol. The Morgan fingerprint density at radius 1 is 1.24 bits per heavy atom. The first-order chi connectivity index (χ1) is 8.05. The van der Waals surface area contributed by atoms with Gasteiger partial charge in [-0.15, -0.1) is 0 Å². The third kappa shape index (κ3) is 5.06. The van der Waals surface area contributed by atoms with Gasteiger partial charge in [-0.3, -0.25) is 0 Å². The van der Waals surface area contributed by atoms with E-state index in [-0.39, 0.29) is 18.1 Å². The molecule has 0 amide bonds. The minimum absolute atomic E-state index is 0.0142. The fourth-order valence-electron chi connectivity index (χ4n) is 1.31. The van der Waals surface area contributed by atoms with Gasteiger partial charge < -0.3 is 15.6 Å². The molecule has 0 aliphatic heterocycles. The second-order valence-electron chi connectivity index (χ2n) is 3.62. The fourth-order valence-corrected chi connectivity index (χ4v) is 2.35. The van der Waals surface area contributed by atoms with Crippen molar-refractivity contribution in [1.29, 1.82) is 0 Å². The highest BCUT2D eigenvalue weighted by molar-refractivity contribution is 7.91. The zero-order valence-electron chi connectivity index (χ0n) is 9.50. The standard InChI is InChI=1S/C11H17NO4S/c12-10-4-1-2-5-11(10)16-7-3-8-17(14,15)9-6-13/h1-2,4-5,13H,3,6-9,12H2. The average molecular weight is 259 g/mol. The van der Waals surface area contributed by atoms with Gasteiger partial charge in [0.2, 0.25) is 0 Å². The molecule has 0 bridgehead atoms. The summed E-state index contributed by atoms with van der Waals surface area (Å²) in [7, 11) is -3.16. The molecule has 0 atom stereocenters. The molecule has 0 unspecified atom stereocenters. The minimum atomic E-state index is -3.16. The van der Waals surface area contributed by atoms with Gasteiger partial charge in [0.15, 0.2) is 9.84 Å². The zero-order chi connectivity index (χ0) is 12.7. The van der Waals surface area contributed by atoms with Crippen LogP contribution in [0.25, 0.3) is 0 Å². The first-order valence-corrected chi connectivity index (χ1v) is 7.16. The topological polar surface area (TPSA) is 89.6 Å². The molecule has 0 fully saturated rings. The van der Waals surface area contributed by atoms with Crippen LogP contribution in [0, 0.1) is 0 Å². The number of anilines is 1. The molecule has 1 aromatic carbocycles. The van der Waals surface area contributed by atoms with Crippen LogP contribution in [0.5, 0.6) is 5.75 Å². The van der Waals surface area contributed by atoms with E-state index in [0.29, 0.717) is 24.5 Å². The second-order valence-corrected chi connectivity index (χ2v) is 5.92. The molecule has 6 heteroatoms. The average Bonchev–Trinajstić information content (AvgIpc) is 2.26. The predicted molar refractivity (Wildman–Crippen MR) is 66.7 cm³/mol. The van der Waals surface area contributed by atoms with Crippen LogP contribution in [-0.2, 0) is 9.84 Å². The number of aliphatic hydroxyl groups is 1. The van der Waals surface area contributed by atoms with Crippen molar-refractivity contribution in [2.45, 2.75) is 6.42 Å². The van der Waals surface area contributed by atoms with Gasteiger partial charge in [-0.1, -0.05) is 12.1 Å². The summed E-state index contributed by atoms with van der Waals surface area (Å²) in [4.78, 5) is 0. The molecule has 96 valence electrons. The number of ether oxygens (including phenoxy) is 1. The van der Waals surface area contributed by atoms with Crippen LogP contribution in [0.2, 0.25) is 0 Å². The smallest absolute Gasteiger partial charge is 0.152 e. The number of nitrogens with two attached hydrogens (primary N) is 1. The third-order valence-corrected chi connectivity index (χ3v) is 3.89. The molecule has 0 aliphatic rings. The number of hydrogen-bond donors (Lipinski definition) is 2. The van der Waals surface area contributed by atoms with E-state index in [9.17, 15) is 8.42 Å². The highest BCUT2D eigenvalue weighted by Crippen LogP contribution is 2.19. The van der Waals surface area contributed by atoms with Crippen LogP contribution < -0.4 is 10.5 Å². The Balaban J connectivity index is 2.32. The van der Waals surface area contributed by atoms with E-state index < -0.39 is 9.84 Å². The van der Waals surface area contributed by atoms with Crippen molar-refractivity contribution in [3.63, 3.8) is 0 Å². The van der Waals surface area contributed by atoms with E-state index in [1.54, 1.807) is 24.3 Å². The van der Waals surface area contributed by atoms with Crippen molar-refractivity contribution in [2.75, 3.05) is 30.5 Å². The molecular formula is C11H17NO4S. The Bertz CT molecular complexity index is 445. The summed E-state index contributed by atoms with van der Waals surface area (Å²) >= 11 is 0. The second kappa shape index (κ2) is 6.46. The van der Waals surface area contributed by atoms with Crippen molar-refractivity contribution in [2.24, 2.45) is 0 Å². The van der Waals surface area contributed by atoms with Crippen molar-refractivity contribution in [3.05, 3.63) is 24.3 Å². The Labute approximate surface area is 101 Å². The largest absolute Gasteiger partial charge is 0.491 e. The Kier molecular flexibility index (Phi) is 5.24. The fraction of sp³-hybridized carbons (Fsp3) is 0.455. The summed E-state index contributed by atoms with van der Waals surface area (Å²) in [6.45, 7) is -0.0479. The lowest BCUT2D eigenvalue weighted by atomic mass is 10.3. The van der Waals surface area contributed by atoms with Gasteiger partial charge in [0.1, 0.15) is 5.75 Å². The molecular weight excluding hydrogens is 242 g/mol. The Hall–Kier alpha value is -1.27. The number of sulfone groups is 1. The molecule has 0 saturated heterocycles. The lowest BCUT2D eigenvalue weighted by Crippen LogP contribution is -2.16. The van der Waals surface area contributed by atoms with Gasteiger partial charge in [-0.05, 0) is 18.6 Å². The summed E-state index contributed by atoms with van der Waals surface area (Å²) in [6, 6.07) is 7.05. The van der Waals surface area contributed by atoms with E-state index in [4.69, 9.17) is 15.6 Å². The van der Waals surface area contributed by atoms with Gasteiger partial charge in [0, 0.05) is 0 Å².